The molecule has 1 rings (SSSR count). The van der Waals surface area contributed by atoms with Crippen molar-refractivity contribution < 1.29 is 13.9 Å². The van der Waals surface area contributed by atoms with E-state index in [2.05, 4.69) is 10.7 Å². The highest BCUT2D eigenvalue weighted by molar-refractivity contribution is 5.70. The van der Waals surface area contributed by atoms with E-state index in [0.717, 1.165) is 0 Å². The predicted octanol–water partition coefficient (Wildman–Crippen LogP) is 2.52. The number of nitrogens with two attached hydrogens (primary N) is 1. The Morgan fingerprint density at radius 1 is 1.26 bits per heavy atom. The highest BCUT2D eigenvalue weighted by atomic mass is 19.2. The number of halogens is 2. The molecular weight excluding hydrogens is 252 g/mol. The third-order valence-electron chi connectivity index (χ3n) is 3.45. The van der Waals surface area contributed by atoms with Crippen molar-refractivity contribution in [2.75, 3.05) is 17.3 Å². The van der Waals surface area contributed by atoms with Gasteiger partial charge in [0.15, 0.2) is 11.6 Å². The van der Waals surface area contributed by atoms with Crippen LogP contribution in [0, 0.1) is 18.6 Å². The molecule has 108 valence electrons. The molecule has 1 aromatic rings. The Morgan fingerprint density at radius 3 is 2.32 bits per heavy atom. The van der Waals surface area contributed by atoms with Gasteiger partial charge in [0.1, 0.15) is 0 Å². The number of hydrogen-bond acceptors (Lipinski definition) is 4. The lowest BCUT2D eigenvalue weighted by Crippen LogP contribution is -2.36. The van der Waals surface area contributed by atoms with Crippen LogP contribution in [-0.2, 0) is 0 Å². The number of benzene rings is 1. The van der Waals surface area contributed by atoms with Crippen LogP contribution in [0.4, 0.5) is 20.2 Å². The van der Waals surface area contributed by atoms with Gasteiger partial charge in [-0.1, -0.05) is 13.8 Å². The average Bonchev–Trinajstić information content (AvgIpc) is 2.43. The van der Waals surface area contributed by atoms with Crippen molar-refractivity contribution in [2.24, 2.45) is 5.84 Å². The second-order valence-corrected chi connectivity index (χ2v) is 4.67. The number of aliphatic hydroxyl groups is 1. The Labute approximate surface area is 112 Å². The summed E-state index contributed by atoms with van der Waals surface area (Å²) in [7, 11) is 0. The van der Waals surface area contributed by atoms with Crippen LogP contribution >= 0.6 is 0 Å². The molecule has 0 atom stereocenters. The van der Waals surface area contributed by atoms with Gasteiger partial charge >= 0.3 is 0 Å². The summed E-state index contributed by atoms with van der Waals surface area (Å²) in [5.41, 5.74) is 1.72. The van der Waals surface area contributed by atoms with Gasteiger partial charge in [-0.2, -0.15) is 0 Å². The molecule has 5 N–H and O–H groups in total. The molecule has 0 radical (unpaired) electrons. The molecule has 0 aliphatic carbocycles. The van der Waals surface area contributed by atoms with Gasteiger partial charge in [-0.3, -0.25) is 5.84 Å². The number of rotatable bonds is 6. The van der Waals surface area contributed by atoms with Crippen LogP contribution in [0.25, 0.3) is 0 Å². The van der Waals surface area contributed by atoms with E-state index < -0.39 is 17.2 Å². The quantitative estimate of drug-likeness (QED) is 0.475. The van der Waals surface area contributed by atoms with E-state index in [4.69, 9.17) is 5.84 Å². The van der Waals surface area contributed by atoms with Crippen LogP contribution in [0.1, 0.15) is 32.3 Å². The maximum Gasteiger partial charge on any atom is 0.184 e. The normalized spacial score (nSPS) is 11.5. The number of hydrogen-bond donors (Lipinski definition) is 4. The van der Waals surface area contributed by atoms with Crippen molar-refractivity contribution in [1.82, 2.24) is 0 Å². The summed E-state index contributed by atoms with van der Waals surface area (Å²) >= 11 is 0. The summed E-state index contributed by atoms with van der Waals surface area (Å²) in [6.45, 7) is 5.24. The van der Waals surface area contributed by atoms with Gasteiger partial charge in [0.05, 0.1) is 17.0 Å². The van der Waals surface area contributed by atoms with Crippen LogP contribution in [0.5, 0.6) is 0 Å². The zero-order chi connectivity index (χ0) is 14.6. The molecule has 0 bridgehead atoms. The first-order valence-electron chi connectivity index (χ1n) is 6.30. The molecule has 19 heavy (non-hydrogen) atoms. The molecule has 0 spiro atoms. The topological polar surface area (TPSA) is 70.3 Å². The zero-order valence-corrected chi connectivity index (χ0v) is 11.5. The first-order valence-corrected chi connectivity index (χ1v) is 6.30. The number of hydrazine groups is 1. The van der Waals surface area contributed by atoms with Crippen LogP contribution in [0.2, 0.25) is 0 Å². The minimum absolute atomic E-state index is 0.0640. The van der Waals surface area contributed by atoms with Gasteiger partial charge in [0, 0.05) is 6.54 Å². The number of aryl methyl sites for hydroxylation is 1. The molecular formula is C13H21F2N3O. The lowest BCUT2D eigenvalue weighted by atomic mass is 9.97. The molecule has 0 aromatic heterocycles. The fourth-order valence-electron chi connectivity index (χ4n) is 1.79. The lowest BCUT2D eigenvalue weighted by Gasteiger charge is -2.27. The van der Waals surface area contributed by atoms with Crippen LogP contribution in [0.3, 0.4) is 0 Å². The van der Waals surface area contributed by atoms with Crippen molar-refractivity contribution in [3.8, 4) is 0 Å². The first kappa shape index (κ1) is 15.7. The summed E-state index contributed by atoms with van der Waals surface area (Å²) < 4.78 is 27.4. The molecule has 0 saturated carbocycles. The molecule has 0 fully saturated rings. The predicted molar refractivity (Wildman–Crippen MR) is 72.9 cm³/mol. The van der Waals surface area contributed by atoms with E-state index in [9.17, 15) is 13.9 Å². The zero-order valence-electron chi connectivity index (χ0n) is 11.5. The van der Waals surface area contributed by atoms with E-state index in [-0.39, 0.29) is 23.5 Å². The van der Waals surface area contributed by atoms with E-state index in [1.807, 2.05) is 13.8 Å². The van der Waals surface area contributed by atoms with E-state index in [1.165, 1.54) is 13.0 Å². The van der Waals surface area contributed by atoms with E-state index >= 15 is 0 Å². The van der Waals surface area contributed by atoms with E-state index in [1.54, 1.807) is 0 Å². The maximum absolute atomic E-state index is 13.9. The molecule has 0 saturated heterocycles. The second-order valence-electron chi connectivity index (χ2n) is 4.67. The number of nitrogens with one attached hydrogen (secondary N) is 2. The Kier molecular flexibility index (Phi) is 5.08. The average molecular weight is 273 g/mol. The SMILES string of the molecule is CCC(O)(CC)CNc1c(NN)cc(C)c(F)c1F. The standard InChI is InChI=1S/C13H21F2N3O/c1-4-13(19,5-2)7-17-12-9(18-16)6-8(3)10(14)11(12)15/h6,17-19H,4-5,7,16H2,1-3H3. The third kappa shape index (κ3) is 3.33. The summed E-state index contributed by atoms with van der Waals surface area (Å²) in [6, 6.07) is 1.41. The van der Waals surface area contributed by atoms with Gasteiger partial charge < -0.3 is 15.8 Å². The van der Waals surface area contributed by atoms with Gasteiger partial charge in [0.25, 0.3) is 0 Å². The largest absolute Gasteiger partial charge is 0.388 e. The molecule has 1 aromatic carbocycles. The molecule has 0 amide bonds. The molecule has 4 nitrogen and oxygen atoms in total. The first-order chi connectivity index (χ1) is 8.88. The number of anilines is 2. The molecule has 0 heterocycles. The minimum atomic E-state index is -0.998. The van der Waals surface area contributed by atoms with Crippen molar-refractivity contribution in [3.05, 3.63) is 23.3 Å². The highest BCUT2D eigenvalue weighted by Crippen LogP contribution is 2.30. The van der Waals surface area contributed by atoms with Crippen molar-refractivity contribution in [1.29, 1.82) is 0 Å². The van der Waals surface area contributed by atoms with Gasteiger partial charge in [-0.25, -0.2) is 8.78 Å². The maximum atomic E-state index is 13.9. The second kappa shape index (κ2) is 6.16. The van der Waals surface area contributed by atoms with Crippen LogP contribution in [0.15, 0.2) is 6.07 Å². The van der Waals surface area contributed by atoms with Crippen molar-refractivity contribution in [3.63, 3.8) is 0 Å². The van der Waals surface area contributed by atoms with Crippen LogP contribution < -0.4 is 16.6 Å². The molecule has 0 aliphatic heterocycles. The monoisotopic (exact) mass is 273 g/mol. The van der Waals surface area contributed by atoms with Gasteiger partial charge in [0.2, 0.25) is 0 Å². The smallest absolute Gasteiger partial charge is 0.184 e. The fourth-order valence-corrected chi connectivity index (χ4v) is 1.79. The fraction of sp³-hybridized carbons (Fsp3) is 0.538. The summed E-state index contributed by atoms with van der Waals surface area (Å²) in [5, 5.41) is 12.9. The molecule has 6 heteroatoms. The Bertz CT molecular complexity index is 448. The van der Waals surface area contributed by atoms with Crippen molar-refractivity contribution >= 4 is 11.4 Å². The van der Waals surface area contributed by atoms with Crippen molar-refractivity contribution in [2.45, 2.75) is 39.2 Å². The summed E-state index contributed by atoms with van der Waals surface area (Å²) in [6.07, 6.45) is 1.02. The van der Waals surface area contributed by atoms with Gasteiger partial charge in [-0.15, -0.1) is 0 Å². The highest BCUT2D eigenvalue weighted by Gasteiger charge is 2.24. The summed E-state index contributed by atoms with van der Waals surface area (Å²) in [4.78, 5) is 0. The van der Waals surface area contributed by atoms with E-state index in [0.29, 0.717) is 12.8 Å². The Balaban J connectivity index is 3.04. The molecule has 0 aliphatic rings. The third-order valence-corrected chi connectivity index (χ3v) is 3.45. The van der Waals surface area contributed by atoms with Crippen LogP contribution in [-0.4, -0.2) is 17.3 Å². The molecule has 0 unspecified atom stereocenters. The Morgan fingerprint density at radius 2 is 1.84 bits per heavy atom. The number of nitrogen functional groups attached to an aromatic ring is 1. The Hall–Kier alpha value is -1.40. The lowest BCUT2D eigenvalue weighted by molar-refractivity contribution is 0.0456. The summed E-state index contributed by atoms with van der Waals surface area (Å²) in [5.74, 6) is 3.39. The minimum Gasteiger partial charge on any atom is -0.388 e. The van der Waals surface area contributed by atoms with Gasteiger partial charge in [-0.05, 0) is 31.4 Å².